The highest BCUT2D eigenvalue weighted by Crippen LogP contribution is 2.29. The van der Waals surface area contributed by atoms with Gasteiger partial charge in [-0.25, -0.2) is 0 Å². The van der Waals surface area contributed by atoms with Crippen molar-refractivity contribution in [3.05, 3.63) is 48.1 Å². The molecule has 0 radical (unpaired) electrons. The Balaban J connectivity index is 1.97. The topological polar surface area (TPSA) is 40.5 Å². The van der Waals surface area contributed by atoms with Crippen molar-refractivity contribution < 1.29 is 10.2 Å². The van der Waals surface area contributed by atoms with Crippen molar-refractivity contribution in [1.29, 1.82) is 0 Å². The SMILES string of the molecule is CCC/C=C/C/C=C/CCCCCCCc1cccc(O)c1O. The van der Waals surface area contributed by atoms with E-state index in [-0.39, 0.29) is 11.5 Å². The van der Waals surface area contributed by atoms with Gasteiger partial charge in [0.25, 0.3) is 0 Å². The van der Waals surface area contributed by atoms with Gasteiger partial charge in [-0.15, -0.1) is 0 Å². The zero-order chi connectivity index (χ0) is 16.8. The predicted octanol–water partition coefficient (Wildman–Crippen LogP) is 6.28. The first kappa shape index (κ1) is 19.3. The Morgan fingerprint density at radius 1 is 0.826 bits per heavy atom. The first-order valence-corrected chi connectivity index (χ1v) is 9.05. The number of aromatic hydroxyl groups is 2. The van der Waals surface area contributed by atoms with E-state index in [1.165, 1.54) is 51.0 Å². The summed E-state index contributed by atoms with van der Waals surface area (Å²) < 4.78 is 0. The van der Waals surface area contributed by atoms with Crippen LogP contribution in [-0.2, 0) is 6.42 Å². The minimum absolute atomic E-state index is 0.0150. The summed E-state index contributed by atoms with van der Waals surface area (Å²) in [5, 5.41) is 19.2. The van der Waals surface area contributed by atoms with Gasteiger partial charge < -0.3 is 10.2 Å². The summed E-state index contributed by atoms with van der Waals surface area (Å²) >= 11 is 0. The highest BCUT2D eigenvalue weighted by atomic mass is 16.3. The number of aryl methyl sites for hydroxylation is 1. The van der Waals surface area contributed by atoms with Gasteiger partial charge in [-0.05, 0) is 50.2 Å². The number of hydrogen-bond acceptors (Lipinski definition) is 2. The summed E-state index contributed by atoms with van der Waals surface area (Å²) in [5.74, 6) is 0.0319. The molecule has 0 spiro atoms. The number of unbranched alkanes of at least 4 members (excludes halogenated alkanes) is 6. The molecule has 1 aromatic rings. The van der Waals surface area contributed by atoms with Crippen LogP contribution in [-0.4, -0.2) is 10.2 Å². The molecule has 0 atom stereocenters. The van der Waals surface area contributed by atoms with Crippen LogP contribution in [0.15, 0.2) is 42.5 Å². The summed E-state index contributed by atoms with van der Waals surface area (Å²) in [6.07, 6.45) is 20.6. The number of allylic oxidation sites excluding steroid dienone is 4. The molecule has 1 rings (SSSR count). The predicted molar refractivity (Wildman–Crippen MR) is 99.0 cm³/mol. The van der Waals surface area contributed by atoms with Gasteiger partial charge in [0.2, 0.25) is 0 Å². The number of rotatable bonds is 12. The summed E-state index contributed by atoms with van der Waals surface area (Å²) in [6.45, 7) is 2.20. The highest BCUT2D eigenvalue weighted by molar-refractivity contribution is 5.44. The van der Waals surface area contributed by atoms with Crippen LogP contribution in [0.2, 0.25) is 0 Å². The summed E-state index contributed by atoms with van der Waals surface area (Å²) in [5.41, 5.74) is 0.851. The lowest BCUT2D eigenvalue weighted by Gasteiger charge is -2.05. The van der Waals surface area contributed by atoms with Crippen molar-refractivity contribution in [2.24, 2.45) is 0 Å². The van der Waals surface area contributed by atoms with Gasteiger partial charge in [0.15, 0.2) is 11.5 Å². The summed E-state index contributed by atoms with van der Waals surface area (Å²) in [4.78, 5) is 0. The maximum absolute atomic E-state index is 9.73. The van der Waals surface area contributed by atoms with Crippen molar-refractivity contribution >= 4 is 0 Å². The molecule has 0 saturated carbocycles. The van der Waals surface area contributed by atoms with Crippen LogP contribution in [0.25, 0.3) is 0 Å². The monoisotopic (exact) mass is 316 g/mol. The minimum atomic E-state index is -0.0150. The fourth-order valence-corrected chi connectivity index (χ4v) is 2.56. The van der Waals surface area contributed by atoms with E-state index in [4.69, 9.17) is 0 Å². The lowest BCUT2D eigenvalue weighted by molar-refractivity contribution is 0.398. The molecule has 2 nitrogen and oxygen atoms in total. The summed E-state index contributed by atoms with van der Waals surface area (Å²) in [7, 11) is 0. The molecule has 0 amide bonds. The van der Waals surface area contributed by atoms with Crippen LogP contribution < -0.4 is 0 Å². The van der Waals surface area contributed by atoms with E-state index in [2.05, 4.69) is 31.2 Å². The molecule has 0 aliphatic rings. The third-order valence-corrected chi connectivity index (χ3v) is 3.98. The Morgan fingerprint density at radius 3 is 2.30 bits per heavy atom. The van der Waals surface area contributed by atoms with E-state index in [1.54, 1.807) is 6.07 Å². The van der Waals surface area contributed by atoms with Gasteiger partial charge in [-0.1, -0.05) is 69.0 Å². The third kappa shape index (κ3) is 9.12. The molecular formula is C21H32O2. The van der Waals surface area contributed by atoms with Crippen LogP contribution in [0.5, 0.6) is 11.5 Å². The second-order valence-electron chi connectivity index (χ2n) is 6.06. The molecule has 0 unspecified atom stereocenters. The van der Waals surface area contributed by atoms with Gasteiger partial charge >= 0.3 is 0 Å². The van der Waals surface area contributed by atoms with Gasteiger partial charge in [0.05, 0.1) is 0 Å². The Kier molecular flexibility index (Phi) is 10.8. The van der Waals surface area contributed by atoms with E-state index >= 15 is 0 Å². The fourth-order valence-electron chi connectivity index (χ4n) is 2.56. The molecule has 0 aromatic heterocycles. The average molecular weight is 316 g/mol. The van der Waals surface area contributed by atoms with E-state index in [0.29, 0.717) is 0 Å². The van der Waals surface area contributed by atoms with Crippen molar-refractivity contribution in [2.45, 2.75) is 71.1 Å². The summed E-state index contributed by atoms with van der Waals surface area (Å²) in [6, 6.07) is 5.19. The first-order chi connectivity index (χ1) is 11.3. The molecule has 0 saturated heterocycles. The van der Waals surface area contributed by atoms with E-state index in [9.17, 15) is 10.2 Å². The Hall–Kier alpha value is -1.70. The molecule has 0 heterocycles. The van der Waals surface area contributed by atoms with Gasteiger partial charge in [0, 0.05) is 0 Å². The Labute approximate surface area is 141 Å². The lowest BCUT2D eigenvalue weighted by Crippen LogP contribution is -1.87. The molecule has 2 heteroatoms. The zero-order valence-corrected chi connectivity index (χ0v) is 14.5. The molecule has 128 valence electrons. The van der Waals surface area contributed by atoms with Gasteiger partial charge in [-0.2, -0.15) is 0 Å². The smallest absolute Gasteiger partial charge is 0.160 e. The molecular weight excluding hydrogens is 284 g/mol. The van der Waals surface area contributed by atoms with E-state index in [0.717, 1.165) is 24.8 Å². The minimum Gasteiger partial charge on any atom is -0.504 e. The second kappa shape index (κ2) is 12.8. The van der Waals surface area contributed by atoms with Crippen LogP contribution in [0, 0.1) is 0 Å². The number of para-hydroxylation sites is 1. The third-order valence-electron chi connectivity index (χ3n) is 3.98. The quantitative estimate of drug-likeness (QED) is 0.270. The van der Waals surface area contributed by atoms with Crippen LogP contribution in [0.1, 0.15) is 70.3 Å². The van der Waals surface area contributed by atoms with Crippen molar-refractivity contribution in [1.82, 2.24) is 0 Å². The molecule has 2 N–H and O–H groups in total. The van der Waals surface area contributed by atoms with Gasteiger partial charge in [0.1, 0.15) is 0 Å². The van der Waals surface area contributed by atoms with Crippen molar-refractivity contribution in [2.75, 3.05) is 0 Å². The highest BCUT2D eigenvalue weighted by Gasteiger charge is 2.04. The zero-order valence-electron chi connectivity index (χ0n) is 14.5. The molecule has 0 bridgehead atoms. The molecule has 0 aliphatic heterocycles. The standard InChI is InChI=1S/C21H32O2/c1-2-3-4-5-6-7-8-9-10-11-12-13-14-16-19-17-15-18-20(22)21(19)23/h4-5,7-8,15,17-18,22-23H,2-3,6,9-14,16H2,1H3/b5-4+,8-7+. The number of phenols is 2. The van der Waals surface area contributed by atoms with Gasteiger partial charge in [-0.3, -0.25) is 0 Å². The van der Waals surface area contributed by atoms with E-state index in [1.807, 2.05) is 6.07 Å². The maximum atomic E-state index is 9.73. The molecule has 1 aromatic carbocycles. The number of benzene rings is 1. The Morgan fingerprint density at radius 2 is 1.52 bits per heavy atom. The second-order valence-corrected chi connectivity index (χ2v) is 6.06. The van der Waals surface area contributed by atoms with E-state index < -0.39 is 0 Å². The average Bonchev–Trinajstić information content (AvgIpc) is 2.55. The normalized spacial score (nSPS) is 11.7. The van der Waals surface area contributed by atoms with Crippen LogP contribution in [0.3, 0.4) is 0 Å². The van der Waals surface area contributed by atoms with Crippen molar-refractivity contribution in [3.63, 3.8) is 0 Å². The molecule has 0 aliphatic carbocycles. The largest absolute Gasteiger partial charge is 0.504 e. The fraction of sp³-hybridized carbons (Fsp3) is 0.524. The number of hydrogen-bond donors (Lipinski definition) is 2. The van der Waals surface area contributed by atoms with Crippen molar-refractivity contribution in [3.8, 4) is 11.5 Å². The molecule has 23 heavy (non-hydrogen) atoms. The van der Waals surface area contributed by atoms with Crippen LogP contribution in [0.4, 0.5) is 0 Å². The lowest BCUT2D eigenvalue weighted by atomic mass is 10.0. The first-order valence-electron chi connectivity index (χ1n) is 9.05. The van der Waals surface area contributed by atoms with Crippen LogP contribution >= 0.6 is 0 Å². The number of phenolic OH excluding ortho intramolecular Hbond substituents is 2. The maximum Gasteiger partial charge on any atom is 0.160 e. The Bertz CT molecular complexity index is 475. The molecule has 0 fully saturated rings.